The molecule has 1 N–H and O–H groups in total. The first-order valence-electron chi connectivity index (χ1n) is 10.1. The van der Waals surface area contributed by atoms with Crippen LogP contribution in [-0.4, -0.2) is 35.5 Å². The number of fused-ring (bicyclic) bond motifs is 4. The van der Waals surface area contributed by atoms with E-state index in [1.54, 1.807) is 18.6 Å². The summed E-state index contributed by atoms with van der Waals surface area (Å²) in [6.07, 6.45) is 7.37. The molecule has 0 spiro atoms. The molecule has 0 aliphatic carbocycles. The van der Waals surface area contributed by atoms with E-state index in [1.165, 1.54) is 21.6 Å². The topological polar surface area (TPSA) is 111 Å². The predicted octanol–water partition coefficient (Wildman–Crippen LogP) is 2.00. The van der Waals surface area contributed by atoms with E-state index in [0.717, 1.165) is 37.4 Å². The number of aromatic amines is 1. The maximum atomic E-state index is 13.3. The van der Waals surface area contributed by atoms with Crippen molar-refractivity contribution in [2.45, 2.75) is 19.5 Å². The van der Waals surface area contributed by atoms with Crippen molar-refractivity contribution >= 4 is 38.8 Å². The molecule has 5 aromatic rings. The number of benzene rings is 1. The summed E-state index contributed by atoms with van der Waals surface area (Å²) in [7, 11) is 1.86. The Morgan fingerprint density at radius 3 is 2.97 bits per heavy atom. The summed E-state index contributed by atoms with van der Waals surface area (Å²) in [6, 6.07) is 6.06. The van der Waals surface area contributed by atoms with Crippen LogP contribution >= 0.6 is 11.3 Å². The zero-order valence-electron chi connectivity index (χ0n) is 17.1. The molecule has 0 radical (unpaired) electrons. The molecule has 0 atom stereocenters. The standard InChI is InChI=1S/C22H17N7O2S/c1-28-18-16(19-20(28)27-17(32-19)5-12-6-24-22(31)25-7-12)10-26-29(21(18)30)11-14-4-2-3-13-8-23-9-15(13)14/h2-4,6-7,9-10H,5,8,11H2,1H3,(H,24,25,31). The molecule has 1 aliphatic rings. The highest BCUT2D eigenvalue weighted by Gasteiger charge is 2.19. The first-order chi connectivity index (χ1) is 15.6. The van der Waals surface area contributed by atoms with Gasteiger partial charge in [0.2, 0.25) is 0 Å². The normalized spacial score (nSPS) is 12.8. The van der Waals surface area contributed by atoms with Crippen LogP contribution in [0.5, 0.6) is 0 Å². The predicted molar refractivity (Wildman–Crippen MR) is 123 cm³/mol. The SMILES string of the molecule is Cn1c2nc(Cc3cnc(=O)[nH]c3)sc2c2cnn(Cc3cccc4c3C=NC4)c(=O)c21. The van der Waals surface area contributed by atoms with Gasteiger partial charge in [0.1, 0.15) is 10.5 Å². The third-order valence-corrected chi connectivity index (χ3v) is 6.82. The third kappa shape index (κ3) is 2.91. The molecule has 1 aliphatic heterocycles. The summed E-state index contributed by atoms with van der Waals surface area (Å²) in [5.74, 6) is 0. The summed E-state index contributed by atoms with van der Waals surface area (Å²) < 4.78 is 4.27. The molecule has 9 nitrogen and oxygen atoms in total. The van der Waals surface area contributed by atoms with Gasteiger partial charge >= 0.3 is 5.69 Å². The fraction of sp³-hybridized carbons (Fsp3) is 0.182. The van der Waals surface area contributed by atoms with Crippen molar-refractivity contribution in [1.82, 2.24) is 29.3 Å². The fourth-order valence-corrected chi connectivity index (χ4v) is 5.31. The lowest BCUT2D eigenvalue weighted by atomic mass is 10.0. The number of aromatic nitrogens is 6. The maximum absolute atomic E-state index is 13.3. The number of aryl methyl sites for hydroxylation is 1. The van der Waals surface area contributed by atoms with Gasteiger partial charge in [0, 0.05) is 43.0 Å². The number of nitrogens with zero attached hydrogens (tertiary/aromatic N) is 6. The van der Waals surface area contributed by atoms with E-state index >= 15 is 0 Å². The molecular weight excluding hydrogens is 426 g/mol. The van der Waals surface area contributed by atoms with Gasteiger partial charge in [0.15, 0.2) is 5.65 Å². The van der Waals surface area contributed by atoms with Gasteiger partial charge in [-0.15, -0.1) is 11.3 Å². The van der Waals surface area contributed by atoms with Crippen molar-refractivity contribution in [3.05, 3.63) is 84.9 Å². The van der Waals surface area contributed by atoms with Crippen LogP contribution in [0.25, 0.3) is 21.3 Å². The second-order valence-electron chi connectivity index (χ2n) is 7.75. The molecule has 0 amide bonds. The summed E-state index contributed by atoms with van der Waals surface area (Å²) >= 11 is 1.52. The molecule has 0 bridgehead atoms. The Bertz CT molecular complexity index is 1650. The Balaban J connectivity index is 1.40. The molecule has 10 heteroatoms. The lowest BCUT2D eigenvalue weighted by Gasteiger charge is -2.09. The number of thiazole rings is 1. The second-order valence-corrected chi connectivity index (χ2v) is 8.84. The van der Waals surface area contributed by atoms with E-state index in [2.05, 4.69) is 26.1 Å². The minimum absolute atomic E-state index is 0.144. The minimum Gasteiger partial charge on any atom is -0.323 e. The molecule has 0 saturated heterocycles. The summed E-state index contributed by atoms with van der Waals surface area (Å²) in [6.45, 7) is 1.07. The Morgan fingerprint density at radius 2 is 2.12 bits per heavy atom. The quantitative estimate of drug-likeness (QED) is 0.457. The van der Waals surface area contributed by atoms with Gasteiger partial charge in [-0.05, 0) is 16.7 Å². The zero-order chi connectivity index (χ0) is 21.8. The maximum Gasteiger partial charge on any atom is 0.344 e. The molecule has 0 unspecified atom stereocenters. The average molecular weight is 443 g/mol. The number of hydrogen-bond donors (Lipinski definition) is 1. The highest BCUT2D eigenvalue weighted by atomic mass is 32.1. The molecule has 0 saturated carbocycles. The third-order valence-electron chi connectivity index (χ3n) is 5.74. The zero-order valence-corrected chi connectivity index (χ0v) is 17.9. The number of rotatable bonds is 4. The van der Waals surface area contributed by atoms with Crippen LogP contribution < -0.4 is 11.2 Å². The first kappa shape index (κ1) is 18.8. The van der Waals surface area contributed by atoms with Crippen LogP contribution in [0, 0.1) is 0 Å². The lowest BCUT2D eigenvalue weighted by Crippen LogP contribution is -2.25. The van der Waals surface area contributed by atoms with E-state index in [4.69, 9.17) is 4.98 Å². The van der Waals surface area contributed by atoms with Crippen LogP contribution in [0.1, 0.15) is 27.3 Å². The van der Waals surface area contributed by atoms with Crippen molar-refractivity contribution in [2.75, 3.05) is 0 Å². The number of aliphatic imine (C=N–C) groups is 1. The molecule has 0 fully saturated rings. The van der Waals surface area contributed by atoms with Gasteiger partial charge in [-0.25, -0.2) is 19.4 Å². The Kier molecular flexibility index (Phi) is 4.15. The van der Waals surface area contributed by atoms with Crippen LogP contribution in [0.2, 0.25) is 0 Å². The van der Waals surface area contributed by atoms with Crippen LogP contribution in [0.3, 0.4) is 0 Å². The molecule has 158 valence electrons. The smallest absolute Gasteiger partial charge is 0.323 e. The largest absolute Gasteiger partial charge is 0.344 e. The summed E-state index contributed by atoms with van der Waals surface area (Å²) in [5.41, 5.74) is 4.97. The van der Waals surface area contributed by atoms with Crippen molar-refractivity contribution in [3.8, 4) is 0 Å². The van der Waals surface area contributed by atoms with Crippen molar-refractivity contribution < 1.29 is 0 Å². The van der Waals surface area contributed by atoms with Crippen LogP contribution in [0.15, 0.2) is 51.4 Å². The molecule has 6 rings (SSSR count). The average Bonchev–Trinajstić information content (AvgIpc) is 3.49. The minimum atomic E-state index is -0.376. The van der Waals surface area contributed by atoms with Crippen molar-refractivity contribution in [3.63, 3.8) is 0 Å². The second kappa shape index (κ2) is 7.06. The molecule has 5 heterocycles. The van der Waals surface area contributed by atoms with Gasteiger partial charge in [0.05, 0.1) is 24.0 Å². The van der Waals surface area contributed by atoms with E-state index < -0.39 is 0 Å². The summed E-state index contributed by atoms with van der Waals surface area (Å²) in [4.78, 5) is 39.9. The van der Waals surface area contributed by atoms with E-state index in [0.29, 0.717) is 25.0 Å². The highest BCUT2D eigenvalue weighted by Crippen LogP contribution is 2.31. The van der Waals surface area contributed by atoms with E-state index in [-0.39, 0.29) is 11.2 Å². The molecule has 32 heavy (non-hydrogen) atoms. The van der Waals surface area contributed by atoms with Gasteiger partial charge < -0.3 is 9.55 Å². The van der Waals surface area contributed by atoms with Crippen LogP contribution in [0.4, 0.5) is 0 Å². The number of hydrogen-bond acceptors (Lipinski definition) is 7. The van der Waals surface area contributed by atoms with E-state index in [1.807, 2.05) is 30.0 Å². The molecule has 1 aromatic carbocycles. The Labute approximate surface area is 184 Å². The summed E-state index contributed by atoms with van der Waals surface area (Å²) in [5, 5.41) is 6.15. The lowest BCUT2D eigenvalue weighted by molar-refractivity contribution is 0.643. The van der Waals surface area contributed by atoms with Gasteiger partial charge in [-0.3, -0.25) is 9.79 Å². The molecular formula is C22H17N7O2S. The van der Waals surface area contributed by atoms with Gasteiger partial charge in [-0.2, -0.15) is 5.10 Å². The Morgan fingerprint density at radius 1 is 1.22 bits per heavy atom. The monoisotopic (exact) mass is 443 g/mol. The Hall–Kier alpha value is -3.92. The van der Waals surface area contributed by atoms with Gasteiger partial charge in [-0.1, -0.05) is 18.2 Å². The number of nitrogens with one attached hydrogen (secondary N) is 1. The van der Waals surface area contributed by atoms with Crippen molar-refractivity contribution in [2.24, 2.45) is 12.0 Å². The van der Waals surface area contributed by atoms with Crippen molar-refractivity contribution in [1.29, 1.82) is 0 Å². The van der Waals surface area contributed by atoms with Gasteiger partial charge in [0.25, 0.3) is 5.56 Å². The first-order valence-corrected chi connectivity index (χ1v) is 10.9. The highest BCUT2D eigenvalue weighted by molar-refractivity contribution is 7.19. The fourth-order valence-electron chi connectivity index (χ4n) is 4.17. The molecule has 4 aromatic heterocycles. The van der Waals surface area contributed by atoms with Crippen LogP contribution in [-0.2, 0) is 26.6 Å². The van der Waals surface area contributed by atoms with E-state index in [9.17, 15) is 9.59 Å². The number of H-pyrrole nitrogens is 1.